The Hall–Kier alpha value is -16.0. The zero-order valence-electron chi connectivity index (χ0n) is 84.4. The van der Waals surface area contributed by atoms with Crippen molar-refractivity contribution in [3.8, 4) is 135 Å². The van der Waals surface area contributed by atoms with Crippen LogP contribution in [0, 0.1) is 0 Å². The Morgan fingerprint density at radius 2 is 0.597 bits per heavy atom. The van der Waals surface area contributed by atoms with Crippen LogP contribution in [0.2, 0.25) is 0 Å². The Bertz CT molecular complexity index is 7730. The van der Waals surface area contributed by atoms with Crippen LogP contribution in [0.25, 0.3) is 178 Å². The number of aromatic nitrogens is 16. The van der Waals surface area contributed by atoms with Gasteiger partial charge in [-0.2, -0.15) is 0 Å². The smallest absolute Gasteiger partial charge is 0.133 e. The Morgan fingerprint density at radius 3 is 1.01 bits per heavy atom. The molecule has 2 aliphatic carbocycles. The van der Waals surface area contributed by atoms with E-state index in [4.69, 9.17) is 38.9 Å². The molecule has 724 valence electrons. The zero-order chi connectivity index (χ0) is 98.6. The lowest BCUT2D eigenvalue weighted by Crippen LogP contribution is -2.10. The van der Waals surface area contributed by atoms with Crippen molar-refractivity contribution in [2.45, 2.75) is 212 Å². The average molecular weight is 1900 g/mol. The lowest BCUT2D eigenvalue weighted by molar-refractivity contribution is 0.302. The highest BCUT2D eigenvalue weighted by Gasteiger charge is 2.31. The summed E-state index contributed by atoms with van der Waals surface area (Å²) in [6, 6.07) is 52.9. The minimum Gasteiger partial charge on any atom is -0.488 e. The fraction of sp³-hybridized carbons (Fsp3) is 0.258. The number of H-pyrrole nitrogens is 8. The van der Waals surface area contributed by atoms with Gasteiger partial charge in [0.1, 0.15) is 96.0 Å². The van der Waals surface area contributed by atoms with E-state index in [0.29, 0.717) is 26.4 Å². The fourth-order valence-corrected chi connectivity index (χ4v) is 20.7. The predicted molar refractivity (Wildman–Crippen MR) is 588 cm³/mol. The number of benzene rings is 10. The number of hydrogen-bond donors (Lipinski definition) is 8. The summed E-state index contributed by atoms with van der Waals surface area (Å²) >= 11 is 0. The second kappa shape index (κ2) is 41.7. The van der Waals surface area contributed by atoms with E-state index in [1.165, 1.54) is 111 Å². The second-order valence-corrected chi connectivity index (χ2v) is 38.2. The van der Waals surface area contributed by atoms with Crippen molar-refractivity contribution < 1.29 is 18.9 Å². The largest absolute Gasteiger partial charge is 0.488 e. The summed E-state index contributed by atoms with van der Waals surface area (Å²) in [5, 5.41) is 4.64. The van der Waals surface area contributed by atoms with Gasteiger partial charge < -0.3 is 58.8 Å². The number of allylic oxidation sites excluding steroid dienone is 16. The second-order valence-electron chi connectivity index (χ2n) is 38.2. The molecule has 0 atom stereocenters. The molecule has 0 spiro atoms. The summed E-state index contributed by atoms with van der Waals surface area (Å²) < 4.78 is 25.1. The molecule has 8 N–H and O–H groups in total. The molecule has 6 aliphatic rings. The molecule has 10 aromatic carbocycles. The summed E-state index contributed by atoms with van der Waals surface area (Å²) in [5.41, 5.74) is 41.5. The molecule has 24 rings (SSSR count). The van der Waals surface area contributed by atoms with Crippen LogP contribution in [0.1, 0.15) is 226 Å². The maximum atomic E-state index is 6.30. The van der Waals surface area contributed by atoms with Crippen LogP contribution in [-0.2, 0) is 77.8 Å². The third kappa shape index (κ3) is 19.2. The molecular formula is C124H124N16O4. The highest BCUT2D eigenvalue weighted by Crippen LogP contribution is 2.50. The first-order valence-corrected chi connectivity index (χ1v) is 51.5. The number of hydrogen-bond acceptors (Lipinski definition) is 12. The molecule has 0 fully saturated rings. The van der Waals surface area contributed by atoms with Gasteiger partial charge in [0, 0.05) is 92.4 Å². The monoisotopic (exact) mass is 1900 g/mol. The molecule has 0 saturated carbocycles. The first kappa shape index (κ1) is 94.3. The predicted octanol–water partition coefficient (Wildman–Crippen LogP) is 30.9. The van der Waals surface area contributed by atoms with Gasteiger partial charge in [0.2, 0.25) is 0 Å². The summed E-state index contributed by atoms with van der Waals surface area (Å²) in [5.74, 6) is 11.4. The lowest BCUT2D eigenvalue weighted by atomic mass is 9.85. The van der Waals surface area contributed by atoms with E-state index in [9.17, 15) is 0 Å². The van der Waals surface area contributed by atoms with Gasteiger partial charge in [-0.15, -0.1) is 0 Å². The number of imidazole rings is 8. The van der Waals surface area contributed by atoms with Crippen LogP contribution in [0.3, 0.4) is 0 Å². The quantitative estimate of drug-likeness (QED) is 0.0263. The topological polar surface area (TPSA) is 266 Å². The molecule has 8 aromatic heterocycles. The summed E-state index contributed by atoms with van der Waals surface area (Å²) in [6.07, 6.45) is 49.4. The third-order valence-corrected chi connectivity index (χ3v) is 28.2. The van der Waals surface area contributed by atoms with Gasteiger partial charge in [-0.1, -0.05) is 177 Å². The van der Waals surface area contributed by atoms with Crippen LogP contribution >= 0.6 is 0 Å². The Balaban J connectivity index is 0.000000113. The number of aryl methyl sites for hydroxylation is 4. The third-order valence-electron chi connectivity index (χ3n) is 28.2. The van der Waals surface area contributed by atoms with Gasteiger partial charge >= 0.3 is 0 Å². The minimum absolute atomic E-state index is 0.543. The van der Waals surface area contributed by atoms with Crippen molar-refractivity contribution >= 4 is 65.9 Å². The molecule has 144 heavy (non-hydrogen) atoms. The maximum absolute atomic E-state index is 6.30. The van der Waals surface area contributed by atoms with Crippen LogP contribution < -0.4 is 18.9 Å². The first-order valence-electron chi connectivity index (χ1n) is 51.5. The lowest BCUT2D eigenvalue weighted by Gasteiger charge is -2.25. The number of nitrogens with one attached hydrogen (secondary N) is 8. The van der Waals surface area contributed by atoms with Gasteiger partial charge in [0.15, 0.2) is 0 Å². The Morgan fingerprint density at radius 1 is 0.271 bits per heavy atom. The van der Waals surface area contributed by atoms with Crippen molar-refractivity contribution in [2.75, 3.05) is 0 Å². The van der Waals surface area contributed by atoms with Crippen molar-refractivity contribution in [3.63, 3.8) is 0 Å². The highest BCUT2D eigenvalue weighted by molar-refractivity contribution is 6.08. The van der Waals surface area contributed by atoms with E-state index in [1.54, 1.807) is 0 Å². The molecule has 20 heteroatoms. The molecule has 0 radical (unpaired) electrons. The van der Waals surface area contributed by atoms with Crippen LogP contribution in [0.15, 0.2) is 243 Å². The van der Waals surface area contributed by atoms with Crippen LogP contribution in [-0.4, -0.2) is 79.7 Å². The Kier molecular flexibility index (Phi) is 27.3. The maximum Gasteiger partial charge on any atom is 0.133 e. The van der Waals surface area contributed by atoms with Gasteiger partial charge in [-0.3, -0.25) is 0 Å². The molecule has 0 bridgehead atoms. The first-order chi connectivity index (χ1) is 70.6. The average Bonchev–Trinajstić information content (AvgIpc) is 1.34. The molecule has 18 aromatic rings. The van der Waals surface area contributed by atoms with E-state index >= 15 is 0 Å². The highest BCUT2D eigenvalue weighted by atomic mass is 16.5. The van der Waals surface area contributed by atoms with Crippen molar-refractivity contribution in [3.05, 3.63) is 335 Å². The number of aromatic amines is 8. The summed E-state index contributed by atoms with van der Waals surface area (Å²) in [6.45, 7) is 27.7. The summed E-state index contributed by atoms with van der Waals surface area (Å²) in [7, 11) is 0. The number of fused-ring (bicyclic) bond motifs is 24. The van der Waals surface area contributed by atoms with Gasteiger partial charge in [-0.25, -0.2) is 39.9 Å². The SMILES string of the molecule is CCC=CCc1nc2c([nH]1)CCc1cc3c(cc1-2)COc1cc(-c2cnc(C(C)=CCC)[nH]2)ccc1-3.CCC=CCc1nc2c([nH]1)CCc1cc3c(cc1-2)OCc1cc(-c2cnc(C(C)=CCC)[nH]2)ccc1-3.CCC=CCc1nc2c(ccc3cc4c(cc32)COc2cc(-c3cnc(C(C)=CCC)[nH]3)ccc2-4)[nH]1.CCC=CCc1nc2c(ccc3cc4c(cc32)OCc2cc(-c3cnc(C(C)=CCC)[nH]3)ccc2-4)[nH]1. The molecule has 20 nitrogen and oxygen atoms in total. The standard InChI is InChI=1S/C31H32N4O.C31H30N4O.C31H32N4O.C31H30N4O/c2*1-4-6-7-9-29-33-26-13-11-20-15-25-23-12-10-21(27-17-32-31(34-27)19(3)8-5-2)14-22(23)18-36-28(25)16-24(20)30(26)35-29;2*1-4-6-7-9-29-33-26-13-11-20-14-24-22(15-25(20)30(26)35-29)18-36-28-16-21(10-12-23(24)28)27-17-32-31(34-27)19(3)8-5-2/h6-8,10,12,14-17H,4-5,9,11,13,18H2,1-3H3,(H,32,34)(H,33,35);6-8,10-17H,4-5,9,18H2,1-3H3,(H,32,34)(H,33,35);6-8,10,12,14-17H,4-5,9,11,13,18H2,1-3H3,(H,32,34)(H,33,35);6-8,10-17H,4-5,9,18H2,1-3H3,(H,32,34)(H,33,35). The fourth-order valence-electron chi connectivity index (χ4n) is 20.7. The van der Waals surface area contributed by atoms with Gasteiger partial charge in [0.25, 0.3) is 0 Å². The number of rotatable bonds is 24. The number of ether oxygens (including phenoxy) is 4. The van der Waals surface area contributed by atoms with E-state index in [-0.39, 0.29) is 0 Å². The molecule has 0 amide bonds. The molecule has 0 unspecified atom stereocenters. The molecule has 0 saturated heterocycles. The molecular weight excluding hydrogens is 1780 g/mol. The van der Waals surface area contributed by atoms with E-state index in [2.05, 4.69) is 361 Å². The van der Waals surface area contributed by atoms with E-state index in [1.807, 2.05) is 24.8 Å². The van der Waals surface area contributed by atoms with Crippen LogP contribution in [0.4, 0.5) is 0 Å². The zero-order valence-corrected chi connectivity index (χ0v) is 84.4. The van der Waals surface area contributed by atoms with E-state index < -0.39 is 0 Å². The minimum atomic E-state index is 0.543. The van der Waals surface area contributed by atoms with Gasteiger partial charge in [-0.05, 0) is 302 Å². The van der Waals surface area contributed by atoms with E-state index in [0.717, 1.165) is 284 Å². The molecule has 12 heterocycles. The van der Waals surface area contributed by atoms with Crippen molar-refractivity contribution in [2.24, 2.45) is 0 Å². The van der Waals surface area contributed by atoms with Gasteiger partial charge in [0.05, 0.1) is 81.0 Å². The van der Waals surface area contributed by atoms with Crippen LogP contribution in [0.5, 0.6) is 23.0 Å². The van der Waals surface area contributed by atoms with Crippen molar-refractivity contribution in [1.29, 1.82) is 0 Å². The number of nitrogens with zero attached hydrogens (tertiary/aromatic N) is 8. The Labute approximate surface area is 841 Å². The molecule has 4 aliphatic heterocycles. The normalized spacial score (nSPS) is 13.8. The summed E-state index contributed by atoms with van der Waals surface area (Å²) in [4.78, 5) is 65.9. The van der Waals surface area contributed by atoms with Crippen molar-refractivity contribution in [1.82, 2.24) is 79.7 Å².